The number of thiophene rings is 1. The zero-order chi connectivity index (χ0) is 19.4. The third kappa shape index (κ3) is 4.61. The lowest BCUT2D eigenvalue weighted by Crippen LogP contribution is -2.25. The van der Waals surface area contributed by atoms with Gasteiger partial charge in [0.05, 0.1) is 29.1 Å². The molecule has 3 rings (SSSR count). The highest BCUT2D eigenvalue weighted by atomic mass is 35.5. The summed E-state index contributed by atoms with van der Waals surface area (Å²) in [6, 6.07) is 9.50. The Bertz CT molecular complexity index is 952. The number of nitrogens with zero attached hydrogens (tertiary/aromatic N) is 1. The molecule has 0 atom stereocenters. The summed E-state index contributed by atoms with van der Waals surface area (Å²) >= 11 is 8.83. The molecule has 0 unspecified atom stereocenters. The Morgan fingerprint density at radius 1 is 1.15 bits per heavy atom. The molecule has 0 saturated heterocycles. The molecule has 0 aliphatic heterocycles. The molecule has 142 valence electrons. The van der Waals surface area contributed by atoms with Crippen LogP contribution in [0.1, 0.15) is 20.9 Å². The molecule has 1 aromatic carbocycles. The van der Waals surface area contributed by atoms with E-state index in [1.165, 1.54) is 22.7 Å². The van der Waals surface area contributed by atoms with Crippen LogP contribution in [0.4, 0.5) is 0 Å². The van der Waals surface area contributed by atoms with E-state index < -0.39 is 0 Å². The van der Waals surface area contributed by atoms with Gasteiger partial charge in [-0.15, -0.1) is 22.7 Å². The summed E-state index contributed by atoms with van der Waals surface area (Å²) in [5.74, 6) is 1.25. The number of aromatic nitrogens is 1. The number of amides is 1. The fraction of sp³-hybridized carbons (Fsp3) is 0.263. The number of ether oxygens (including phenoxy) is 2. The Morgan fingerprint density at radius 3 is 2.59 bits per heavy atom. The van der Waals surface area contributed by atoms with Crippen LogP contribution in [0.15, 0.2) is 30.3 Å². The average Bonchev–Trinajstić information content (AvgIpc) is 3.27. The fourth-order valence-electron chi connectivity index (χ4n) is 2.58. The summed E-state index contributed by atoms with van der Waals surface area (Å²) in [7, 11) is 3.21. The number of rotatable bonds is 7. The van der Waals surface area contributed by atoms with Crippen molar-refractivity contribution in [2.75, 3.05) is 20.8 Å². The molecule has 8 heteroatoms. The summed E-state index contributed by atoms with van der Waals surface area (Å²) in [6.07, 6.45) is 0.692. The van der Waals surface area contributed by atoms with Crippen molar-refractivity contribution in [1.82, 2.24) is 10.3 Å². The molecule has 0 spiro atoms. The number of hydrogen-bond acceptors (Lipinski definition) is 6. The molecule has 0 fully saturated rings. The van der Waals surface area contributed by atoms with Crippen molar-refractivity contribution < 1.29 is 14.3 Å². The number of carbonyl (C=O) groups excluding carboxylic acids is 1. The maximum atomic E-state index is 12.5. The molecular weight excluding hydrogens is 404 g/mol. The van der Waals surface area contributed by atoms with Gasteiger partial charge in [-0.25, -0.2) is 4.98 Å². The Morgan fingerprint density at radius 2 is 1.93 bits per heavy atom. The molecule has 0 bridgehead atoms. The van der Waals surface area contributed by atoms with E-state index in [0.29, 0.717) is 33.7 Å². The molecule has 0 aliphatic carbocycles. The van der Waals surface area contributed by atoms with Crippen LogP contribution >= 0.6 is 34.3 Å². The van der Waals surface area contributed by atoms with E-state index in [9.17, 15) is 4.79 Å². The van der Waals surface area contributed by atoms with Crippen LogP contribution in [0.2, 0.25) is 4.34 Å². The predicted molar refractivity (Wildman–Crippen MR) is 111 cm³/mol. The summed E-state index contributed by atoms with van der Waals surface area (Å²) in [5, 5.41) is 3.78. The van der Waals surface area contributed by atoms with E-state index in [4.69, 9.17) is 21.1 Å². The minimum Gasteiger partial charge on any atom is -0.493 e. The van der Waals surface area contributed by atoms with Crippen LogP contribution in [0, 0.1) is 6.92 Å². The van der Waals surface area contributed by atoms with Crippen LogP contribution in [0.25, 0.3) is 9.88 Å². The fourth-order valence-corrected chi connectivity index (χ4v) is 4.66. The zero-order valence-corrected chi connectivity index (χ0v) is 17.6. The first-order valence-electron chi connectivity index (χ1n) is 8.24. The second-order valence-electron chi connectivity index (χ2n) is 5.73. The molecule has 27 heavy (non-hydrogen) atoms. The average molecular weight is 423 g/mol. The normalized spacial score (nSPS) is 10.7. The molecule has 1 N–H and O–H groups in total. The largest absolute Gasteiger partial charge is 0.493 e. The molecule has 0 saturated carbocycles. The van der Waals surface area contributed by atoms with Gasteiger partial charge in [0.2, 0.25) is 0 Å². The molecule has 0 radical (unpaired) electrons. The van der Waals surface area contributed by atoms with E-state index in [1.807, 2.05) is 37.3 Å². The highest BCUT2D eigenvalue weighted by Gasteiger charge is 2.17. The maximum Gasteiger partial charge on any atom is 0.263 e. The third-order valence-corrected chi connectivity index (χ3v) is 6.49. The van der Waals surface area contributed by atoms with Crippen molar-refractivity contribution in [3.63, 3.8) is 0 Å². The Labute approximate surface area is 170 Å². The van der Waals surface area contributed by atoms with Crippen LogP contribution in [0.5, 0.6) is 11.5 Å². The van der Waals surface area contributed by atoms with Crippen molar-refractivity contribution in [2.24, 2.45) is 0 Å². The van der Waals surface area contributed by atoms with E-state index >= 15 is 0 Å². The number of carbonyl (C=O) groups is 1. The van der Waals surface area contributed by atoms with Gasteiger partial charge in [0.1, 0.15) is 9.88 Å². The first-order chi connectivity index (χ1) is 13.0. The molecule has 0 aliphatic rings. The summed E-state index contributed by atoms with van der Waals surface area (Å²) < 4.78 is 11.3. The van der Waals surface area contributed by atoms with Crippen LogP contribution in [-0.4, -0.2) is 31.7 Å². The number of aryl methyl sites for hydroxylation is 1. The zero-order valence-electron chi connectivity index (χ0n) is 15.2. The predicted octanol–water partition coefficient (Wildman–Crippen LogP) is 4.82. The lowest BCUT2D eigenvalue weighted by molar-refractivity contribution is 0.0957. The number of hydrogen-bond donors (Lipinski definition) is 1. The van der Waals surface area contributed by atoms with Gasteiger partial charge < -0.3 is 14.8 Å². The van der Waals surface area contributed by atoms with Crippen molar-refractivity contribution in [3.8, 4) is 21.4 Å². The Balaban J connectivity index is 1.62. The quantitative estimate of drug-likeness (QED) is 0.592. The summed E-state index contributed by atoms with van der Waals surface area (Å²) in [6.45, 7) is 2.37. The minimum atomic E-state index is -0.112. The Kier molecular flexibility index (Phi) is 6.36. The standard InChI is InChI=1S/C19H19ClN2O3S2/c1-11-17(27-19(22-11)15-6-7-16(20)26-15)18(23)21-9-8-12-4-5-13(24-2)14(10-12)25-3/h4-7,10H,8-9H2,1-3H3,(H,21,23). The van der Waals surface area contributed by atoms with Crippen molar-refractivity contribution in [1.29, 1.82) is 0 Å². The SMILES string of the molecule is COc1ccc(CCNC(=O)c2sc(-c3ccc(Cl)s3)nc2C)cc1OC. The Hall–Kier alpha value is -2.09. The van der Waals surface area contributed by atoms with E-state index in [1.54, 1.807) is 14.2 Å². The molecule has 3 aromatic rings. The van der Waals surface area contributed by atoms with Gasteiger partial charge in [0.15, 0.2) is 11.5 Å². The smallest absolute Gasteiger partial charge is 0.263 e. The van der Waals surface area contributed by atoms with Crippen LogP contribution in [-0.2, 0) is 6.42 Å². The second kappa shape index (κ2) is 8.73. The van der Waals surface area contributed by atoms with Crippen molar-refractivity contribution in [3.05, 3.63) is 50.8 Å². The molecule has 2 aromatic heterocycles. The van der Waals surface area contributed by atoms with Gasteiger partial charge in [-0.05, 0) is 43.2 Å². The van der Waals surface area contributed by atoms with Crippen molar-refractivity contribution in [2.45, 2.75) is 13.3 Å². The molecular formula is C19H19ClN2O3S2. The van der Waals surface area contributed by atoms with E-state index in [2.05, 4.69) is 10.3 Å². The lowest BCUT2D eigenvalue weighted by Gasteiger charge is -2.10. The number of thiazole rings is 1. The molecule has 2 heterocycles. The molecule has 1 amide bonds. The number of methoxy groups -OCH3 is 2. The van der Waals surface area contributed by atoms with Gasteiger partial charge in [-0.1, -0.05) is 17.7 Å². The number of benzene rings is 1. The van der Waals surface area contributed by atoms with E-state index in [-0.39, 0.29) is 5.91 Å². The lowest BCUT2D eigenvalue weighted by atomic mass is 10.1. The first-order valence-corrected chi connectivity index (χ1v) is 10.2. The first kappa shape index (κ1) is 19.7. The van der Waals surface area contributed by atoms with Crippen LogP contribution in [0.3, 0.4) is 0 Å². The number of nitrogens with one attached hydrogen (secondary N) is 1. The minimum absolute atomic E-state index is 0.112. The second-order valence-corrected chi connectivity index (χ2v) is 8.45. The van der Waals surface area contributed by atoms with Gasteiger partial charge in [0, 0.05) is 6.54 Å². The van der Waals surface area contributed by atoms with Gasteiger partial charge in [-0.3, -0.25) is 4.79 Å². The molecule has 5 nitrogen and oxygen atoms in total. The highest BCUT2D eigenvalue weighted by molar-refractivity contribution is 7.24. The maximum absolute atomic E-state index is 12.5. The monoisotopic (exact) mass is 422 g/mol. The van der Waals surface area contributed by atoms with Gasteiger partial charge >= 0.3 is 0 Å². The number of halogens is 1. The van der Waals surface area contributed by atoms with E-state index in [0.717, 1.165) is 21.1 Å². The van der Waals surface area contributed by atoms with Crippen molar-refractivity contribution >= 4 is 40.2 Å². The highest BCUT2D eigenvalue weighted by Crippen LogP contribution is 2.35. The van der Waals surface area contributed by atoms with Gasteiger partial charge in [0.25, 0.3) is 5.91 Å². The third-order valence-electron chi connectivity index (χ3n) is 3.93. The summed E-state index contributed by atoms with van der Waals surface area (Å²) in [5.41, 5.74) is 1.78. The van der Waals surface area contributed by atoms with Crippen LogP contribution < -0.4 is 14.8 Å². The topological polar surface area (TPSA) is 60.5 Å². The summed E-state index contributed by atoms with van der Waals surface area (Å²) in [4.78, 5) is 18.6. The van der Waals surface area contributed by atoms with Gasteiger partial charge in [-0.2, -0.15) is 0 Å².